The van der Waals surface area contributed by atoms with Gasteiger partial charge in [0.1, 0.15) is 5.82 Å². The molecule has 0 aliphatic carbocycles. The lowest BCUT2D eigenvalue weighted by atomic mass is 10.2. The van der Waals surface area contributed by atoms with Crippen LogP contribution in [0.25, 0.3) is 0 Å². The number of amides is 1. The van der Waals surface area contributed by atoms with Crippen molar-refractivity contribution < 1.29 is 4.79 Å². The minimum absolute atomic E-state index is 0.210. The first-order valence-corrected chi connectivity index (χ1v) is 6.23. The summed E-state index contributed by atoms with van der Waals surface area (Å²) in [7, 11) is 0. The SMILES string of the molecule is CCC(=O)N1CCC(Nc2ncccc2Cl)C1. The number of pyridine rings is 1. The molecule has 2 heterocycles. The number of aromatic nitrogens is 1. The second-order valence-electron chi connectivity index (χ2n) is 4.16. The molecule has 4 nitrogen and oxygen atoms in total. The Morgan fingerprint density at radius 3 is 3.24 bits per heavy atom. The highest BCUT2D eigenvalue weighted by Crippen LogP contribution is 2.21. The average Bonchev–Trinajstić information content (AvgIpc) is 2.80. The summed E-state index contributed by atoms with van der Waals surface area (Å²) in [5.41, 5.74) is 0. The first-order chi connectivity index (χ1) is 8.20. The molecule has 2 rings (SSSR count). The number of hydrogen-bond donors (Lipinski definition) is 1. The average molecular weight is 254 g/mol. The third kappa shape index (κ3) is 2.88. The van der Waals surface area contributed by atoms with Gasteiger partial charge in [0.25, 0.3) is 0 Å². The van der Waals surface area contributed by atoms with Crippen LogP contribution in [0.5, 0.6) is 0 Å². The second kappa shape index (κ2) is 5.36. The van der Waals surface area contributed by atoms with Crippen LogP contribution in [0.3, 0.4) is 0 Å². The van der Waals surface area contributed by atoms with Gasteiger partial charge in [-0.1, -0.05) is 18.5 Å². The van der Waals surface area contributed by atoms with Crippen LogP contribution in [0.1, 0.15) is 19.8 Å². The van der Waals surface area contributed by atoms with E-state index in [1.165, 1.54) is 0 Å². The van der Waals surface area contributed by atoms with Crippen molar-refractivity contribution in [2.24, 2.45) is 0 Å². The maximum atomic E-state index is 11.5. The molecule has 17 heavy (non-hydrogen) atoms. The van der Waals surface area contributed by atoms with Crippen LogP contribution in [-0.4, -0.2) is 34.9 Å². The van der Waals surface area contributed by atoms with Gasteiger partial charge in [-0.2, -0.15) is 0 Å². The molecule has 1 fully saturated rings. The smallest absolute Gasteiger partial charge is 0.222 e. The fourth-order valence-electron chi connectivity index (χ4n) is 2.01. The predicted molar refractivity (Wildman–Crippen MR) is 68.1 cm³/mol. The minimum Gasteiger partial charge on any atom is -0.364 e. The molecule has 1 atom stereocenters. The first-order valence-electron chi connectivity index (χ1n) is 5.85. The van der Waals surface area contributed by atoms with E-state index < -0.39 is 0 Å². The Labute approximate surface area is 106 Å². The molecular weight excluding hydrogens is 238 g/mol. The van der Waals surface area contributed by atoms with E-state index >= 15 is 0 Å². The highest BCUT2D eigenvalue weighted by Gasteiger charge is 2.25. The van der Waals surface area contributed by atoms with Crippen LogP contribution in [0, 0.1) is 0 Å². The van der Waals surface area contributed by atoms with Crippen LogP contribution in [0.15, 0.2) is 18.3 Å². The quantitative estimate of drug-likeness (QED) is 0.898. The number of likely N-dealkylation sites (tertiary alicyclic amines) is 1. The van der Waals surface area contributed by atoms with Gasteiger partial charge in [-0.15, -0.1) is 0 Å². The lowest BCUT2D eigenvalue weighted by Gasteiger charge is -2.17. The number of anilines is 1. The molecule has 1 aliphatic heterocycles. The zero-order valence-corrected chi connectivity index (χ0v) is 10.6. The molecule has 1 N–H and O–H groups in total. The standard InChI is InChI=1S/C12H16ClN3O/c1-2-11(17)16-7-5-9(8-16)15-12-10(13)4-3-6-14-12/h3-4,6,9H,2,5,7-8H2,1H3,(H,14,15). The van der Waals surface area contributed by atoms with Gasteiger partial charge in [-0.05, 0) is 18.6 Å². The summed E-state index contributed by atoms with van der Waals surface area (Å²) in [6.45, 7) is 3.44. The molecule has 0 saturated carbocycles. The van der Waals surface area contributed by atoms with E-state index in [2.05, 4.69) is 10.3 Å². The molecule has 5 heteroatoms. The van der Waals surface area contributed by atoms with Crippen molar-refractivity contribution in [1.29, 1.82) is 0 Å². The summed E-state index contributed by atoms with van der Waals surface area (Å²) >= 11 is 6.02. The van der Waals surface area contributed by atoms with Crippen LogP contribution in [0.4, 0.5) is 5.82 Å². The molecule has 1 amide bonds. The summed E-state index contributed by atoms with van der Waals surface area (Å²) in [6.07, 6.45) is 3.22. The summed E-state index contributed by atoms with van der Waals surface area (Å²) in [5.74, 6) is 0.909. The van der Waals surface area contributed by atoms with E-state index in [1.807, 2.05) is 11.8 Å². The van der Waals surface area contributed by atoms with Crippen molar-refractivity contribution in [2.45, 2.75) is 25.8 Å². The van der Waals surface area contributed by atoms with Gasteiger partial charge < -0.3 is 10.2 Å². The predicted octanol–water partition coefficient (Wildman–Crippen LogP) is 2.16. The third-order valence-electron chi connectivity index (χ3n) is 2.94. The van der Waals surface area contributed by atoms with Gasteiger partial charge >= 0.3 is 0 Å². The highest BCUT2D eigenvalue weighted by molar-refractivity contribution is 6.32. The number of rotatable bonds is 3. The van der Waals surface area contributed by atoms with Crippen LogP contribution >= 0.6 is 11.6 Å². The maximum absolute atomic E-state index is 11.5. The number of halogens is 1. The largest absolute Gasteiger partial charge is 0.364 e. The van der Waals surface area contributed by atoms with Crippen LogP contribution in [-0.2, 0) is 4.79 Å². The van der Waals surface area contributed by atoms with Crippen molar-refractivity contribution in [3.8, 4) is 0 Å². The van der Waals surface area contributed by atoms with Gasteiger partial charge in [-0.3, -0.25) is 4.79 Å². The lowest BCUT2D eigenvalue weighted by molar-refractivity contribution is -0.129. The van der Waals surface area contributed by atoms with E-state index in [0.717, 1.165) is 19.5 Å². The van der Waals surface area contributed by atoms with E-state index in [9.17, 15) is 4.79 Å². The van der Waals surface area contributed by atoms with Gasteiger partial charge in [0.2, 0.25) is 5.91 Å². The van der Waals surface area contributed by atoms with Crippen molar-refractivity contribution in [3.05, 3.63) is 23.4 Å². The summed E-state index contributed by atoms with van der Waals surface area (Å²) < 4.78 is 0. The van der Waals surface area contributed by atoms with E-state index in [4.69, 9.17) is 11.6 Å². The molecule has 1 aromatic heterocycles. The number of nitrogens with zero attached hydrogens (tertiary/aromatic N) is 2. The number of hydrogen-bond acceptors (Lipinski definition) is 3. The Morgan fingerprint density at radius 1 is 1.71 bits per heavy atom. The van der Waals surface area contributed by atoms with Crippen molar-refractivity contribution >= 4 is 23.3 Å². The Morgan fingerprint density at radius 2 is 2.53 bits per heavy atom. The van der Waals surface area contributed by atoms with Crippen molar-refractivity contribution in [2.75, 3.05) is 18.4 Å². The van der Waals surface area contributed by atoms with E-state index in [0.29, 0.717) is 17.3 Å². The Balaban J connectivity index is 1.94. The topological polar surface area (TPSA) is 45.2 Å². The van der Waals surface area contributed by atoms with Crippen LogP contribution < -0.4 is 5.32 Å². The first kappa shape index (κ1) is 12.2. The monoisotopic (exact) mass is 253 g/mol. The molecular formula is C12H16ClN3O. The van der Waals surface area contributed by atoms with Gasteiger partial charge in [0.15, 0.2) is 0 Å². The molecule has 1 aliphatic rings. The zero-order chi connectivity index (χ0) is 12.3. The Bertz CT molecular complexity index is 410. The fourth-order valence-corrected chi connectivity index (χ4v) is 2.19. The summed E-state index contributed by atoms with van der Waals surface area (Å²) in [5, 5.41) is 3.90. The molecule has 1 saturated heterocycles. The molecule has 1 unspecified atom stereocenters. The number of carbonyl (C=O) groups is 1. The van der Waals surface area contributed by atoms with E-state index in [1.54, 1.807) is 18.3 Å². The third-order valence-corrected chi connectivity index (χ3v) is 3.25. The Hall–Kier alpha value is -1.29. The second-order valence-corrected chi connectivity index (χ2v) is 4.56. The molecule has 0 spiro atoms. The minimum atomic E-state index is 0.210. The van der Waals surface area contributed by atoms with Gasteiger partial charge in [0.05, 0.1) is 5.02 Å². The fraction of sp³-hybridized carbons (Fsp3) is 0.500. The summed E-state index contributed by atoms with van der Waals surface area (Å²) in [6, 6.07) is 3.86. The molecule has 0 radical (unpaired) electrons. The lowest BCUT2D eigenvalue weighted by Crippen LogP contribution is -2.31. The maximum Gasteiger partial charge on any atom is 0.222 e. The molecule has 0 aromatic carbocycles. The van der Waals surface area contributed by atoms with Crippen molar-refractivity contribution in [1.82, 2.24) is 9.88 Å². The van der Waals surface area contributed by atoms with E-state index in [-0.39, 0.29) is 11.9 Å². The van der Waals surface area contributed by atoms with Gasteiger partial charge in [0, 0.05) is 31.7 Å². The van der Waals surface area contributed by atoms with Crippen LogP contribution in [0.2, 0.25) is 5.02 Å². The molecule has 1 aromatic rings. The number of carbonyl (C=O) groups excluding carboxylic acids is 1. The molecule has 0 bridgehead atoms. The van der Waals surface area contributed by atoms with Gasteiger partial charge in [-0.25, -0.2) is 4.98 Å². The summed E-state index contributed by atoms with van der Waals surface area (Å²) in [4.78, 5) is 17.6. The highest BCUT2D eigenvalue weighted by atomic mass is 35.5. The number of nitrogens with one attached hydrogen (secondary N) is 1. The Kier molecular flexibility index (Phi) is 3.84. The van der Waals surface area contributed by atoms with Crippen molar-refractivity contribution in [3.63, 3.8) is 0 Å². The molecule has 92 valence electrons. The normalized spacial score (nSPS) is 19.4. The zero-order valence-electron chi connectivity index (χ0n) is 9.82.